The van der Waals surface area contributed by atoms with Gasteiger partial charge in [-0.15, -0.1) is 0 Å². The van der Waals surface area contributed by atoms with E-state index in [1.165, 1.54) is 22.5 Å². The molecular weight excluding hydrogens is 364 g/mol. The van der Waals surface area contributed by atoms with Crippen molar-refractivity contribution >= 4 is 26.6 Å². The van der Waals surface area contributed by atoms with E-state index in [0.29, 0.717) is 26.4 Å². The normalized spacial score (nSPS) is 14.0. The predicted octanol–water partition coefficient (Wildman–Crippen LogP) is 4.11. The summed E-state index contributed by atoms with van der Waals surface area (Å²) in [6, 6.07) is 2.36. The van der Waals surface area contributed by atoms with Crippen LogP contribution in [-0.2, 0) is 17.7 Å². The lowest BCUT2D eigenvalue weighted by molar-refractivity contribution is 0.221. The number of allylic oxidation sites excluding steroid dienone is 2. The fourth-order valence-electron chi connectivity index (χ4n) is 2.97. The van der Waals surface area contributed by atoms with Crippen LogP contribution in [-0.4, -0.2) is 53.1 Å². The molecule has 0 aromatic carbocycles. The lowest BCUT2D eigenvalue weighted by Crippen LogP contribution is -2.35. The van der Waals surface area contributed by atoms with Crippen LogP contribution in [0.3, 0.4) is 0 Å². The van der Waals surface area contributed by atoms with Crippen LogP contribution in [0.2, 0.25) is 12.1 Å². The molecule has 0 saturated carbocycles. The lowest BCUT2D eigenvalue weighted by Gasteiger charge is -2.27. The molecule has 0 aromatic heterocycles. The maximum atomic E-state index is 5.92. The molecule has 0 heterocycles. The summed E-state index contributed by atoms with van der Waals surface area (Å²) >= 11 is 0. The molecule has 0 fully saturated rings. The summed E-state index contributed by atoms with van der Waals surface area (Å²) in [4.78, 5) is 0. The summed E-state index contributed by atoms with van der Waals surface area (Å²) in [7, 11) is -5.16. The Morgan fingerprint density at radius 3 is 1.12 bits per heavy atom. The largest absolute Gasteiger partial charge is 0.394 e. The fourth-order valence-corrected chi connectivity index (χ4v) is 11.7. The Labute approximate surface area is 160 Å². The Morgan fingerprint density at radius 2 is 0.920 bits per heavy atom. The van der Waals surface area contributed by atoms with Gasteiger partial charge in [-0.1, -0.05) is 37.3 Å². The molecule has 0 spiro atoms. The molecule has 0 N–H and O–H groups in total. The molecule has 148 valence electrons. The molecule has 25 heavy (non-hydrogen) atoms. The molecular formula is C18H40O4Si3. The van der Waals surface area contributed by atoms with Crippen LogP contribution in [0, 0.1) is 0 Å². The van der Waals surface area contributed by atoms with E-state index in [1.807, 2.05) is 27.7 Å². The summed E-state index contributed by atoms with van der Waals surface area (Å²) in [6.07, 6.45) is 0. The van der Waals surface area contributed by atoms with Crippen LogP contribution >= 0.6 is 0 Å². The molecule has 4 nitrogen and oxygen atoms in total. The van der Waals surface area contributed by atoms with Gasteiger partial charge in [0.25, 0.3) is 0 Å². The van der Waals surface area contributed by atoms with Crippen molar-refractivity contribution in [3.05, 3.63) is 21.8 Å². The number of rotatable bonds is 14. The minimum absolute atomic E-state index is 0.716. The van der Waals surface area contributed by atoms with Gasteiger partial charge in [0.2, 0.25) is 0 Å². The minimum atomic E-state index is -1.74. The first-order valence-corrected chi connectivity index (χ1v) is 15.4. The first-order chi connectivity index (χ1) is 11.9. The molecule has 0 amide bonds. The van der Waals surface area contributed by atoms with Gasteiger partial charge in [0.15, 0.2) is 0 Å². The smallest absolute Gasteiger partial charge is 0.350 e. The highest BCUT2D eigenvalue weighted by Gasteiger charge is 2.29. The highest BCUT2D eigenvalue weighted by Crippen LogP contribution is 2.24. The van der Waals surface area contributed by atoms with E-state index in [1.54, 1.807) is 0 Å². The highest BCUT2D eigenvalue weighted by molar-refractivity contribution is 6.90. The van der Waals surface area contributed by atoms with E-state index < -0.39 is 26.6 Å². The Balaban J connectivity index is 5.63. The Kier molecular flexibility index (Phi) is 14.1. The molecule has 0 saturated heterocycles. The van der Waals surface area contributed by atoms with E-state index in [4.69, 9.17) is 17.7 Å². The van der Waals surface area contributed by atoms with Crippen molar-refractivity contribution in [2.75, 3.05) is 26.4 Å². The molecule has 0 bridgehead atoms. The van der Waals surface area contributed by atoms with E-state index in [9.17, 15) is 0 Å². The van der Waals surface area contributed by atoms with Crippen molar-refractivity contribution in [2.45, 2.75) is 67.5 Å². The predicted molar refractivity (Wildman–Crippen MR) is 115 cm³/mol. The minimum Gasteiger partial charge on any atom is -0.394 e. The second-order valence-corrected chi connectivity index (χ2v) is 15.1. The third kappa shape index (κ3) is 8.94. The standard InChI is InChI=1S/C18H40O4Si3/c1-9-19-23(20-10-2)17(7)15-25(13-5,14-6)16-18(8)24(21-11-3)22-12-4/h15-16,23-24H,9-14H2,1-8H3. The van der Waals surface area contributed by atoms with Gasteiger partial charge in [0.05, 0.1) is 0 Å². The zero-order valence-corrected chi connectivity index (χ0v) is 21.0. The van der Waals surface area contributed by atoms with Gasteiger partial charge < -0.3 is 17.7 Å². The SMILES string of the molecule is CCO[SiH](OCC)C(C)=C[Si](C=C(C)[SiH](OCC)OCC)(CC)CC. The van der Waals surface area contributed by atoms with Gasteiger partial charge in [-0.05, 0) is 51.9 Å². The monoisotopic (exact) mass is 404 g/mol. The summed E-state index contributed by atoms with van der Waals surface area (Å²) in [5, 5.41) is 2.66. The molecule has 0 aliphatic rings. The summed E-state index contributed by atoms with van der Waals surface area (Å²) < 4.78 is 23.7. The van der Waals surface area contributed by atoms with E-state index in [2.05, 4.69) is 39.1 Å². The van der Waals surface area contributed by atoms with Crippen LogP contribution in [0.1, 0.15) is 55.4 Å². The fraction of sp³-hybridized carbons (Fsp3) is 0.778. The number of hydrogen-bond acceptors (Lipinski definition) is 4. The lowest BCUT2D eigenvalue weighted by atomic mass is 10.7. The molecule has 0 aliphatic carbocycles. The van der Waals surface area contributed by atoms with Crippen LogP contribution < -0.4 is 0 Å². The van der Waals surface area contributed by atoms with Crippen LogP contribution in [0.5, 0.6) is 0 Å². The first-order valence-electron chi connectivity index (χ1n) is 9.78. The van der Waals surface area contributed by atoms with Crippen LogP contribution in [0.25, 0.3) is 0 Å². The highest BCUT2D eigenvalue weighted by atomic mass is 28.3. The summed E-state index contributed by atoms with van der Waals surface area (Å²) in [5.41, 5.74) is 5.03. The van der Waals surface area contributed by atoms with E-state index in [-0.39, 0.29) is 0 Å². The van der Waals surface area contributed by atoms with Crippen LogP contribution in [0.15, 0.2) is 21.8 Å². The average molecular weight is 405 g/mol. The molecule has 7 heteroatoms. The van der Waals surface area contributed by atoms with E-state index in [0.717, 1.165) is 0 Å². The van der Waals surface area contributed by atoms with Gasteiger partial charge >= 0.3 is 18.6 Å². The molecule has 0 unspecified atom stereocenters. The first kappa shape index (κ1) is 25.0. The Hall–Kier alpha value is -0.0294. The van der Waals surface area contributed by atoms with Crippen molar-refractivity contribution in [1.82, 2.24) is 0 Å². The third-order valence-electron chi connectivity index (χ3n) is 4.36. The molecule has 0 radical (unpaired) electrons. The van der Waals surface area contributed by atoms with Gasteiger partial charge in [-0.2, -0.15) is 0 Å². The van der Waals surface area contributed by atoms with Crippen molar-refractivity contribution in [3.8, 4) is 0 Å². The van der Waals surface area contributed by atoms with Gasteiger partial charge in [0.1, 0.15) is 8.07 Å². The second kappa shape index (κ2) is 14.1. The molecule has 0 atom stereocenters. The zero-order chi connectivity index (χ0) is 19.3. The van der Waals surface area contributed by atoms with Crippen LogP contribution in [0.4, 0.5) is 0 Å². The number of hydrogen-bond donors (Lipinski definition) is 0. The molecule has 0 aromatic rings. The quantitative estimate of drug-likeness (QED) is 0.408. The maximum absolute atomic E-state index is 5.92. The third-order valence-corrected chi connectivity index (χ3v) is 14.1. The summed E-state index contributed by atoms with van der Waals surface area (Å²) in [6.45, 7) is 20.0. The summed E-state index contributed by atoms with van der Waals surface area (Å²) in [5.74, 6) is 0. The van der Waals surface area contributed by atoms with Gasteiger partial charge in [-0.25, -0.2) is 0 Å². The van der Waals surface area contributed by atoms with Crippen molar-refractivity contribution in [3.63, 3.8) is 0 Å². The topological polar surface area (TPSA) is 36.9 Å². The van der Waals surface area contributed by atoms with Crippen molar-refractivity contribution in [2.24, 2.45) is 0 Å². The average Bonchev–Trinajstić information content (AvgIpc) is 2.60. The van der Waals surface area contributed by atoms with Gasteiger partial charge in [-0.3, -0.25) is 0 Å². The van der Waals surface area contributed by atoms with Crippen molar-refractivity contribution in [1.29, 1.82) is 0 Å². The molecule has 0 rings (SSSR count). The molecule has 0 aliphatic heterocycles. The zero-order valence-electron chi connectivity index (χ0n) is 17.7. The van der Waals surface area contributed by atoms with Gasteiger partial charge in [0, 0.05) is 26.4 Å². The van der Waals surface area contributed by atoms with E-state index >= 15 is 0 Å². The Morgan fingerprint density at radius 1 is 0.640 bits per heavy atom. The van der Waals surface area contributed by atoms with Crippen molar-refractivity contribution < 1.29 is 17.7 Å². The second-order valence-electron chi connectivity index (χ2n) is 6.20. The maximum Gasteiger partial charge on any atom is 0.350 e. The Bertz CT molecular complexity index is 363.